The third-order valence-electron chi connectivity index (χ3n) is 4.07. The van der Waals surface area contributed by atoms with Crippen LogP contribution in [0.25, 0.3) is 11.3 Å². The van der Waals surface area contributed by atoms with Gasteiger partial charge in [-0.05, 0) is 31.0 Å². The van der Waals surface area contributed by atoms with Crippen LogP contribution in [0.1, 0.15) is 16.7 Å². The first-order valence-electron chi connectivity index (χ1n) is 8.60. The molecule has 2 N–H and O–H groups in total. The van der Waals surface area contributed by atoms with E-state index in [2.05, 4.69) is 21.1 Å². The number of nitrogens with one attached hydrogen (secondary N) is 2. The molecule has 3 aromatic rings. The fourth-order valence-electron chi connectivity index (χ4n) is 2.87. The van der Waals surface area contributed by atoms with Gasteiger partial charge in [0.1, 0.15) is 0 Å². The Hall–Kier alpha value is -2.71. The maximum atomic E-state index is 12.4. The van der Waals surface area contributed by atoms with Crippen molar-refractivity contribution in [3.63, 3.8) is 0 Å². The smallest absolute Gasteiger partial charge is 0.230 e. The minimum Gasteiger partial charge on any atom is -0.302 e. The van der Waals surface area contributed by atoms with Gasteiger partial charge in [0.2, 0.25) is 15.9 Å². The predicted octanol–water partition coefficient (Wildman–Crippen LogP) is 3.98. The van der Waals surface area contributed by atoms with Gasteiger partial charge in [0.25, 0.3) is 0 Å². The van der Waals surface area contributed by atoms with Gasteiger partial charge in [-0.25, -0.2) is 13.4 Å². The molecule has 8 heteroatoms. The standard InChI is InChI=1S/C20H21N3O3S2/c1-13-8-9-16(14(2)10-13)18-12-27-20(21-18)22-19(24)11-15-6-4-5-7-17(15)23-28(3,25)26/h4-10,12,23H,11H2,1-3H3,(H,21,22,24). The van der Waals surface area contributed by atoms with Crippen LogP contribution in [0.15, 0.2) is 47.8 Å². The zero-order valence-corrected chi connectivity index (χ0v) is 17.4. The van der Waals surface area contributed by atoms with Crippen LogP contribution in [-0.4, -0.2) is 25.6 Å². The molecule has 0 atom stereocenters. The number of aromatic nitrogens is 1. The number of amides is 1. The van der Waals surface area contributed by atoms with E-state index in [1.165, 1.54) is 16.9 Å². The molecule has 0 saturated heterocycles. The van der Waals surface area contributed by atoms with Gasteiger partial charge < -0.3 is 5.32 Å². The molecule has 28 heavy (non-hydrogen) atoms. The Balaban J connectivity index is 1.72. The zero-order valence-electron chi connectivity index (χ0n) is 15.8. The molecule has 0 radical (unpaired) electrons. The summed E-state index contributed by atoms with van der Waals surface area (Å²) in [6.07, 6.45) is 1.12. The Labute approximate surface area is 168 Å². The number of hydrogen-bond donors (Lipinski definition) is 2. The molecular weight excluding hydrogens is 394 g/mol. The molecule has 2 aromatic carbocycles. The number of anilines is 2. The molecule has 3 rings (SSSR count). The average Bonchev–Trinajstić information content (AvgIpc) is 3.03. The van der Waals surface area contributed by atoms with E-state index in [0.29, 0.717) is 16.4 Å². The number of carbonyl (C=O) groups excluding carboxylic acids is 1. The quantitative estimate of drug-likeness (QED) is 0.637. The molecule has 6 nitrogen and oxygen atoms in total. The number of nitrogens with zero attached hydrogens (tertiary/aromatic N) is 1. The van der Waals surface area contributed by atoms with Gasteiger partial charge in [0, 0.05) is 10.9 Å². The van der Waals surface area contributed by atoms with Crippen LogP contribution >= 0.6 is 11.3 Å². The summed E-state index contributed by atoms with van der Waals surface area (Å²) in [5, 5.41) is 5.21. The van der Waals surface area contributed by atoms with E-state index >= 15 is 0 Å². The van der Waals surface area contributed by atoms with Crippen molar-refractivity contribution in [2.24, 2.45) is 0 Å². The van der Waals surface area contributed by atoms with Gasteiger partial charge >= 0.3 is 0 Å². The van der Waals surface area contributed by atoms with E-state index in [0.717, 1.165) is 23.1 Å². The zero-order chi connectivity index (χ0) is 20.3. The van der Waals surface area contributed by atoms with Crippen molar-refractivity contribution in [2.75, 3.05) is 16.3 Å². The minimum atomic E-state index is -3.42. The Bertz CT molecular complexity index is 1120. The molecule has 0 fully saturated rings. The lowest BCUT2D eigenvalue weighted by atomic mass is 10.0. The molecule has 0 aliphatic rings. The Morgan fingerprint density at radius 3 is 2.61 bits per heavy atom. The van der Waals surface area contributed by atoms with Gasteiger partial charge in [0.05, 0.1) is 24.1 Å². The van der Waals surface area contributed by atoms with Crippen molar-refractivity contribution in [1.29, 1.82) is 0 Å². The number of thiazole rings is 1. The van der Waals surface area contributed by atoms with E-state index in [1.54, 1.807) is 24.3 Å². The number of benzene rings is 2. The van der Waals surface area contributed by atoms with Crippen molar-refractivity contribution in [1.82, 2.24) is 4.98 Å². The molecule has 0 spiro atoms. The molecule has 1 amide bonds. The number of hydrogen-bond acceptors (Lipinski definition) is 5. The predicted molar refractivity (Wildman–Crippen MR) is 114 cm³/mol. The van der Waals surface area contributed by atoms with Crippen molar-refractivity contribution in [2.45, 2.75) is 20.3 Å². The Kier molecular flexibility index (Phi) is 5.81. The molecule has 0 bridgehead atoms. The van der Waals surface area contributed by atoms with Crippen LogP contribution in [0.4, 0.5) is 10.8 Å². The maximum absolute atomic E-state index is 12.4. The molecule has 146 valence electrons. The number of carbonyl (C=O) groups is 1. The van der Waals surface area contributed by atoms with Crippen molar-refractivity contribution in [3.05, 3.63) is 64.5 Å². The summed E-state index contributed by atoms with van der Waals surface area (Å²) in [5.41, 5.74) is 5.16. The molecule has 1 aromatic heterocycles. The maximum Gasteiger partial charge on any atom is 0.230 e. The minimum absolute atomic E-state index is 0.0389. The summed E-state index contributed by atoms with van der Waals surface area (Å²) >= 11 is 1.36. The third kappa shape index (κ3) is 5.17. The highest BCUT2D eigenvalue weighted by atomic mass is 32.2. The second-order valence-electron chi connectivity index (χ2n) is 6.61. The fraction of sp³-hybridized carbons (Fsp3) is 0.200. The summed E-state index contributed by atoms with van der Waals surface area (Å²) in [5.74, 6) is -0.260. The van der Waals surface area contributed by atoms with Gasteiger partial charge in [0.15, 0.2) is 5.13 Å². The van der Waals surface area contributed by atoms with Crippen LogP contribution in [0.5, 0.6) is 0 Å². The second kappa shape index (κ2) is 8.12. The first-order valence-corrected chi connectivity index (χ1v) is 11.4. The first-order chi connectivity index (χ1) is 13.2. The van der Waals surface area contributed by atoms with E-state index in [1.807, 2.05) is 31.4 Å². The van der Waals surface area contributed by atoms with Crippen LogP contribution in [0, 0.1) is 13.8 Å². The molecule has 0 aliphatic heterocycles. The van der Waals surface area contributed by atoms with Crippen LogP contribution in [0.2, 0.25) is 0 Å². The second-order valence-corrected chi connectivity index (χ2v) is 9.22. The highest BCUT2D eigenvalue weighted by Gasteiger charge is 2.13. The lowest BCUT2D eigenvalue weighted by Crippen LogP contribution is -2.17. The van der Waals surface area contributed by atoms with Gasteiger partial charge in [-0.3, -0.25) is 9.52 Å². The molecule has 0 unspecified atom stereocenters. The van der Waals surface area contributed by atoms with E-state index in [9.17, 15) is 13.2 Å². The number of aryl methyl sites for hydroxylation is 2. The van der Waals surface area contributed by atoms with Crippen molar-refractivity contribution in [3.8, 4) is 11.3 Å². The summed E-state index contributed by atoms with van der Waals surface area (Å²) in [6.45, 7) is 4.08. The summed E-state index contributed by atoms with van der Waals surface area (Å²) < 4.78 is 25.4. The van der Waals surface area contributed by atoms with Gasteiger partial charge in [-0.1, -0.05) is 42.0 Å². The fourth-order valence-corrected chi connectivity index (χ4v) is 4.19. The largest absolute Gasteiger partial charge is 0.302 e. The summed E-state index contributed by atoms with van der Waals surface area (Å²) in [7, 11) is -3.42. The Morgan fingerprint density at radius 1 is 1.14 bits per heavy atom. The van der Waals surface area contributed by atoms with Crippen LogP contribution in [0.3, 0.4) is 0 Å². The lowest BCUT2D eigenvalue weighted by molar-refractivity contribution is -0.115. The van der Waals surface area contributed by atoms with Crippen LogP contribution < -0.4 is 10.0 Å². The van der Waals surface area contributed by atoms with E-state index in [4.69, 9.17) is 0 Å². The first kappa shape index (κ1) is 20.0. The summed E-state index contributed by atoms with van der Waals surface area (Å²) in [4.78, 5) is 16.9. The van der Waals surface area contributed by atoms with E-state index in [-0.39, 0.29) is 12.3 Å². The Morgan fingerprint density at radius 2 is 1.89 bits per heavy atom. The highest BCUT2D eigenvalue weighted by molar-refractivity contribution is 7.92. The molecule has 0 saturated carbocycles. The lowest BCUT2D eigenvalue weighted by Gasteiger charge is -2.10. The SMILES string of the molecule is Cc1ccc(-c2csc(NC(=O)Cc3ccccc3NS(C)(=O)=O)n2)c(C)c1. The van der Waals surface area contributed by atoms with Crippen LogP contribution in [-0.2, 0) is 21.2 Å². The third-order valence-corrected chi connectivity index (χ3v) is 5.42. The molecular formula is C20H21N3O3S2. The van der Waals surface area contributed by atoms with Crippen molar-refractivity contribution < 1.29 is 13.2 Å². The normalized spacial score (nSPS) is 11.2. The monoisotopic (exact) mass is 415 g/mol. The number of sulfonamides is 1. The van der Waals surface area contributed by atoms with Gasteiger partial charge in [-0.2, -0.15) is 0 Å². The van der Waals surface area contributed by atoms with Gasteiger partial charge in [-0.15, -0.1) is 11.3 Å². The summed E-state index contributed by atoms with van der Waals surface area (Å²) in [6, 6.07) is 13.0. The number of para-hydroxylation sites is 1. The van der Waals surface area contributed by atoms with E-state index < -0.39 is 10.0 Å². The molecule has 1 heterocycles. The molecule has 0 aliphatic carbocycles. The average molecular weight is 416 g/mol. The topological polar surface area (TPSA) is 88.2 Å². The number of rotatable bonds is 6. The highest BCUT2D eigenvalue weighted by Crippen LogP contribution is 2.28. The van der Waals surface area contributed by atoms with Crippen molar-refractivity contribution >= 4 is 38.1 Å².